The first-order chi connectivity index (χ1) is 7.26. The van der Waals surface area contributed by atoms with Gasteiger partial charge in [-0.15, -0.1) is 3.89 Å². The van der Waals surface area contributed by atoms with E-state index in [9.17, 15) is 8.68 Å². The van der Waals surface area contributed by atoms with Gasteiger partial charge in [-0.3, -0.25) is 4.79 Å². The minimum absolute atomic E-state index is 0.0155. The molecule has 0 saturated heterocycles. The van der Waals surface area contributed by atoms with Crippen LogP contribution in [0.15, 0.2) is 24.3 Å². The highest BCUT2D eigenvalue weighted by Gasteiger charge is 1.99. The van der Waals surface area contributed by atoms with Crippen LogP contribution in [0.2, 0.25) is 0 Å². The van der Waals surface area contributed by atoms with Crippen molar-refractivity contribution in [2.75, 3.05) is 10.0 Å². The Morgan fingerprint density at radius 3 is 2.53 bits per heavy atom. The molecule has 1 aromatic rings. The normalized spacial score (nSPS) is 9.40. The molecule has 6 heteroatoms. The third-order valence-electron chi connectivity index (χ3n) is 1.61. The Labute approximate surface area is 91.2 Å². The average molecular weight is 227 g/mol. The Hall–Kier alpha value is -1.56. The van der Waals surface area contributed by atoms with E-state index in [0.29, 0.717) is 11.4 Å². The van der Waals surface area contributed by atoms with Crippen LogP contribution in [0.25, 0.3) is 0 Å². The number of anilines is 2. The molecule has 4 nitrogen and oxygen atoms in total. The lowest BCUT2D eigenvalue weighted by Crippen LogP contribution is -2.11. The summed E-state index contributed by atoms with van der Waals surface area (Å²) in [7, 11) is 0. The van der Waals surface area contributed by atoms with Crippen LogP contribution in [0.1, 0.15) is 6.42 Å². The van der Waals surface area contributed by atoms with Crippen LogP contribution in [-0.4, -0.2) is 12.1 Å². The monoisotopic (exact) mass is 227 g/mol. The maximum absolute atomic E-state index is 11.8. The highest BCUT2D eigenvalue weighted by Crippen LogP contribution is 2.16. The summed E-state index contributed by atoms with van der Waals surface area (Å²) in [6, 6.07) is 6.60. The fourth-order valence-corrected chi connectivity index (χ4v) is 1.20. The van der Waals surface area contributed by atoms with Crippen LogP contribution >= 0.6 is 12.3 Å². The molecule has 0 saturated carbocycles. The predicted molar refractivity (Wildman–Crippen MR) is 60.8 cm³/mol. The molecule has 0 atom stereocenters. The minimum Gasteiger partial charge on any atom is -0.326 e. The van der Waals surface area contributed by atoms with Crippen LogP contribution in [0, 0.1) is 5.41 Å². The molecule has 3 N–H and O–H groups in total. The number of rotatable bonds is 5. The maximum atomic E-state index is 11.8. The lowest BCUT2D eigenvalue weighted by Gasteiger charge is -2.04. The molecule has 1 amide bonds. The quantitative estimate of drug-likeness (QED) is 0.535. The van der Waals surface area contributed by atoms with Gasteiger partial charge in [0.15, 0.2) is 12.3 Å². The Balaban J connectivity index is 2.56. The van der Waals surface area contributed by atoms with Gasteiger partial charge in [-0.2, -0.15) is 0 Å². The summed E-state index contributed by atoms with van der Waals surface area (Å²) in [4.78, 5) is 11.1. The molecule has 0 heterocycles. The van der Waals surface area contributed by atoms with Gasteiger partial charge >= 0.3 is 0 Å². The summed E-state index contributed by atoms with van der Waals surface area (Å²) in [6.45, 7) is 0. The number of hydrogen-bond donors (Lipinski definition) is 3. The molecule has 0 aliphatic carbocycles. The smallest absolute Gasteiger partial charge is 0.229 e. The first kappa shape index (κ1) is 11.5. The predicted octanol–water partition coefficient (Wildman–Crippen LogP) is 2.61. The van der Waals surface area contributed by atoms with Gasteiger partial charge in [-0.1, -0.05) is 0 Å². The molecule has 0 aliphatic heterocycles. The molecule has 0 radical (unpaired) electrons. The highest BCUT2D eigenvalue weighted by atomic mass is 32.2. The van der Waals surface area contributed by atoms with E-state index in [1.54, 1.807) is 24.3 Å². The lowest BCUT2D eigenvalue weighted by molar-refractivity contribution is -0.115. The van der Waals surface area contributed by atoms with Crippen molar-refractivity contribution in [2.24, 2.45) is 0 Å². The van der Waals surface area contributed by atoms with Crippen molar-refractivity contribution in [1.82, 2.24) is 0 Å². The zero-order valence-electron chi connectivity index (χ0n) is 7.79. The maximum Gasteiger partial charge on any atom is 0.229 e. The van der Waals surface area contributed by atoms with Gasteiger partial charge in [0.05, 0.1) is 6.42 Å². The lowest BCUT2D eigenvalue weighted by atomic mass is 10.3. The Bertz CT molecular complexity index is 342. The first-order valence-electron chi connectivity index (χ1n) is 4.18. The molecule has 0 unspecified atom stereocenters. The van der Waals surface area contributed by atoms with E-state index < -0.39 is 0 Å². The second-order valence-corrected chi connectivity index (χ2v) is 3.07. The van der Waals surface area contributed by atoms with Gasteiger partial charge in [-0.25, -0.2) is 0 Å². The number of carbonyl (C=O) groups excluding carboxylic acids is 1. The van der Waals surface area contributed by atoms with Crippen LogP contribution in [0.3, 0.4) is 0 Å². The number of nitrogens with one attached hydrogen (secondary N) is 3. The van der Waals surface area contributed by atoms with Crippen molar-refractivity contribution >= 4 is 35.8 Å². The van der Waals surface area contributed by atoms with Crippen molar-refractivity contribution in [2.45, 2.75) is 6.42 Å². The first-order valence-corrected chi connectivity index (χ1v) is 4.90. The van der Waals surface area contributed by atoms with Crippen LogP contribution in [0.5, 0.6) is 0 Å². The van der Waals surface area contributed by atoms with Crippen LogP contribution in [0.4, 0.5) is 15.3 Å². The topological polar surface area (TPSA) is 65.0 Å². The van der Waals surface area contributed by atoms with Crippen molar-refractivity contribution in [3.8, 4) is 0 Å². The molecule has 0 bridgehead atoms. The van der Waals surface area contributed by atoms with Gasteiger partial charge in [0, 0.05) is 17.6 Å². The average Bonchev–Trinajstić information content (AvgIpc) is 2.22. The fraction of sp³-hybridized carbons (Fsp3) is 0.111. The number of halogens is 1. The molecule has 15 heavy (non-hydrogen) atoms. The van der Waals surface area contributed by atoms with Gasteiger partial charge in [0.1, 0.15) is 0 Å². The third-order valence-corrected chi connectivity index (χ3v) is 1.93. The fourth-order valence-electron chi connectivity index (χ4n) is 0.971. The number of carbonyl (C=O) groups is 1. The minimum atomic E-state index is -0.245. The highest BCUT2D eigenvalue weighted by molar-refractivity contribution is 7.95. The van der Waals surface area contributed by atoms with Gasteiger partial charge < -0.3 is 15.4 Å². The van der Waals surface area contributed by atoms with Crippen molar-refractivity contribution in [1.29, 1.82) is 5.41 Å². The number of benzene rings is 1. The van der Waals surface area contributed by atoms with E-state index >= 15 is 0 Å². The van der Waals surface area contributed by atoms with Gasteiger partial charge in [-0.05, 0) is 24.3 Å². The molecule has 1 rings (SSSR count). The molecular formula is C9H10FN3OS. The summed E-state index contributed by atoms with van der Waals surface area (Å²) in [5, 5.41) is 9.34. The van der Waals surface area contributed by atoms with E-state index in [4.69, 9.17) is 5.41 Å². The van der Waals surface area contributed by atoms with E-state index in [-0.39, 0.29) is 24.7 Å². The van der Waals surface area contributed by atoms with E-state index in [2.05, 4.69) is 10.0 Å². The summed E-state index contributed by atoms with van der Waals surface area (Å²) < 4.78 is 14.2. The van der Waals surface area contributed by atoms with E-state index in [1.807, 2.05) is 0 Å². The summed E-state index contributed by atoms with van der Waals surface area (Å²) in [6.07, 6.45) is 1.09. The molecule has 0 spiro atoms. The van der Waals surface area contributed by atoms with Gasteiger partial charge in [0.2, 0.25) is 5.91 Å². The third kappa shape index (κ3) is 3.99. The van der Waals surface area contributed by atoms with Crippen LogP contribution in [-0.2, 0) is 4.79 Å². The Kier molecular flexibility index (Phi) is 4.62. The standard InChI is InChI=1S/C9H10FN3OS/c10-15-13-8-3-1-7(2-4-8)12-9(14)5-6-11/h1-4,6,11,13H,5H2,(H,12,14). The van der Waals surface area contributed by atoms with Gasteiger partial charge in [0.25, 0.3) is 0 Å². The summed E-state index contributed by atoms with van der Waals surface area (Å²) in [5.41, 5.74) is 1.24. The van der Waals surface area contributed by atoms with Crippen LogP contribution < -0.4 is 10.0 Å². The van der Waals surface area contributed by atoms with E-state index in [0.717, 1.165) is 6.21 Å². The van der Waals surface area contributed by atoms with E-state index in [1.165, 1.54) is 0 Å². The zero-order valence-corrected chi connectivity index (χ0v) is 8.60. The molecule has 0 aliphatic rings. The molecule has 1 aromatic carbocycles. The Morgan fingerprint density at radius 2 is 2.00 bits per heavy atom. The molecule has 0 fully saturated rings. The van der Waals surface area contributed by atoms with Crippen molar-refractivity contribution in [3.05, 3.63) is 24.3 Å². The summed E-state index contributed by atoms with van der Waals surface area (Å²) in [5.74, 6) is -0.245. The number of hydrogen-bond acceptors (Lipinski definition) is 4. The zero-order chi connectivity index (χ0) is 11.1. The second-order valence-electron chi connectivity index (χ2n) is 2.71. The number of amides is 1. The Morgan fingerprint density at radius 1 is 1.40 bits per heavy atom. The molecule has 80 valence electrons. The largest absolute Gasteiger partial charge is 0.326 e. The molecular weight excluding hydrogens is 217 g/mol. The second kappa shape index (κ2) is 6.02. The SMILES string of the molecule is N=CCC(=O)Nc1ccc(NSF)cc1. The summed E-state index contributed by atoms with van der Waals surface area (Å²) >= 11 is 0.0155. The molecule has 0 aromatic heterocycles. The van der Waals surface area contributed by atoms with Crippen molar-refractivity contribution in [3.63, 3.8) is 0 Å². The van der Waals surface area contributed by atoms with Crippen molar-refractivity contribution < 1.29 is 8.68 Å².